The second-order valence-corrected chi connectivity index (χ2v) is 9.37. The molecule has 2 atom stereocenters. The minimum atomic E-state index is -3.50. The molecule has 1 aromatic rings. The van der Waals surface area contributed by atoms with Crippen LogP contribution < -0.4 is 10.0 Å². The number of aliphatic carboxylic acids is 1. The van der Waals surface area contributed by atoms with Crippen LogP contribution in [0.25, 0.3) is 0 Å². The van der Waals surface area contributed by atoms with Crippen molar-refractivity contribution in [3.05, 3.63) is 35.1 Å². The van der Waals surface area contributed by atoms with Gasteiger partial charge in [-0.2, -0.15) is 0 Å². The van der Waals surface area contributed by atoms with Gasteiger partial charge in [-0.3, -0.25) is 18.6 Å². The van der Waals surface area contributed by atoms with E-state index in [1.807, 2.05) is 4.72 Å². The first kappa shape index (κ1) is 21.9. The molecule has 156 valence electrons. The molecule has 0 aliphatic carbocycles. The molecule has 2 rings (SSSR count). The monoisotopic (exact) mass is 418 g/mol. The highest BCUT2D eigenvalue weighted by Crippen LogP contribution is 2.56. The fraction of sp³-hybridized carbons (Fsp3) is 0.471. The first-order valence-electron chi connectivity index (χ1n) is 8.37. The van der Waals surface area contributed by atoms with E-state index in [-0.39, 0.29) is 24.0 Å². The third-order valence-corrected chi connectivity index (χ3v) is 5.61. The van der Waals surface area contributed by atoms with Gasteiger partial charge in [0.05, 0.1) is 6.42 Å². The third kappa shape index (κ3) is 5.57. The van der Waals surface area contributed by atoms with Crippen molar-refractivity contribution in [3.63, 3.8) is 0 Å². The van der Waals surface area contributed by atoms with Crippen molar-refractivity contribution in [3.8, 4) is 0 Å². The average Bonchev–Trinajstić information content (AvgIpc) is 2.77. The van der Waals surface area contributed by atoms with Crippen LogP contribution >= 0.6 is 10.8 Å². The number of carbonyl (C=O) groups is 3. The zero-order valence-electron chi connectivity index (χ0n) is 15.6. The minimum Gasteiger partial charge on any atom is -0.480 e. The number of carbonyl (C=O) groups excluding carboxylic acids is 2. The Balaban J connectivity index is 2.14. The molecule has 9 nitrogen and oxygen atoms in total. The normalized spacial score (nSPS) is 20.8. The largest absolute Gasteiger partial charge is 0.480 e. The maximum Gasteiger partial charge on any atom is 0.408 e. The zero-order chi connectivity index (χ0) is 21.3. The van der Waals surface area contributed by atoms with Crippen LogP contribution in [0.2, 0.25) is 0 Å². The molecule has 0 aromatic heterocycles. The van der Waals surface area contributed by atoms with Crippen molar-refractivity contribution in [1.29, 1.82) is 0 Å². The number of hydrogen-bond donors (Lipinski definition) is 5. The molecule has 1 saturated heterocycles. The highest BCUT2D eigenvalue weighted by atomic mass is 32.3. The Morgan fingerprint density at radius 3 is 2.50 bits per heavy atom. The van der Waals surface area contributed by atoms with Gasteiger partial charge in [0.2, 0.25) is 5.91 Å². The summed E-state index contributed by atoms with van der Waals surface area (Å²) in [4.78, 5) is 34.6. The second-order valence-electron chi connectivity index (χ2n) is 7.41. The van der Waals surface area contributed by atoms with Gasteiger partial charge in [0, 0.05) is 12.0 Å². The highest BCUT2D eigenvalue weighted by Gasteiger charge is 2.39. The predicted octanol–water partition coefficient (Wildman–Crippen LogP) is 2.57. The van der Waals surface area contributed by atoms with Crippen molar-refractivity contribution in [2.24, 2.45) is 0 Å². The molecule has 2 amide bonds. The first-order valence-corrected chi connectivity index (χ1v) is 9.98. The molecular weight excluding hydrogens is 395 g/mol. The average molecular weight is 418 g/mol. The van der Waals surface area contributed by atoms with Crippen LogP contribution in [-0.4, -0.2) is 43.8 Å². The molecule has 1 unspecified atom stereocenters. The standard InChI is InChI=1S/C17H23FN2O7S/c1-17(2,3)27-16(24)19-12(15(22)23)7-9-4-5-10(11(18)6-9)13-8-14(21)20-28(13,25)26/h4-6,12-13,25-26H,7-8H2,1-3H3,(H,19,24)(H,20,21)(H,22,23)/t12-,13?/m0/s1. The van der Waals surface area contributed by atoms with Crippen LogP contribution in [0, 0.1) is 5.82 Å². The predicted molar refractivity (Wildman–Crippen MR) is 99.2 cm³/mol. The van der Waals surface area contributed by atoms with E-state index in [4.69, 9.17) is 4.74 Å². The number of ether oxygens (including phenoxy) is 1. The van der Waals surface area contributed by atoms with Crippen LogP contribution in [0.3, 0.4) is 0 Å². The van der Waals surface area contributed by atoms with Gasteiger partial charge in [0.1, 0.15) is 22.7 Å². The van der Waals surface area contributed by atoms with Gasteiger partial charge < -0.3 is 15.2 Å². The molecule has 0 saturated carbocycles. The summed E-state index contributed by atoms with van der Waals surface area (Å²) in [6, 6.07) is 2.37. The summed E-state index contributed by atoms with van der Waals surface area (Å²) < 4.78 is 41.3. The van der Waals surface area contributed by atoms with E-state index in [1.54, 1.807) is 20.8 Å². The smallest absolute Gasteiger partial charge is 0.408 e. The second kappa shape index (κ2) is 7.94. The van der Waals surface area contributed by atoms with Crippen LogP contribution in [0.4, 0.5) is 9.18 Å². The van der Waals surface area contributed by atoms with Gasteiger partial charge in [0.25, 0.3) is 0 Å². The molecule has 1 aliphatic heterocycles. The molecular formula is C17H23FN2O7S. The third-order valence-electron chi connectivity index (χ3n) is 3.87. The lowest BCUT2D eigenvalue weighted by atomic mass is 10.0. The van der Waals surface area contributed by atoms with E-state index in [0.29, 0.717) is 0 Å². The van der Waals surface area contributed by atoms with Crippen LogP contribution in [-0.2, 0) is 20.7 Å². The lowest BCUT2D eigenvalue weighted by Gasteiger charge is -2.33. The van der Waals surface area contributed by atoms with Gasteiger partial charge in [-0.05, 0) is 32.4 Å². The molecule has 1 aromatic carbocycles. The molecule has 11 heteroatoms. The van der Waals surface area contributed by atoms with E-state index in [0.717, 1.165) is 6.07 Å². The molecule has 5 N–H and O–H groups in total. The lowest BCUT2D eigenvalue weighted by Crippen LogP contribution is -2.44. The van der Waals surface area contributed by atoms with E-state index < -0.39 is 51.5 Å². The van der Waals surface area contributed by atoms with Gasteiger partial charge in [-0.1, -0.05) is 12.1 Å². The molecule has 1 heterocycles. The van der Waals surface area contributed by atoms with E-state index >= 15 is 0 Å². The van der Waals surface area contributed by atoms with Crippen molar-refractivity contribution in [2.45, 2.75) is 50.5 Å². The number of alkyl carbamates (subject to hydrolysis) is 1. The van der Waals surface area contributed by atoms with Crippen LogP contribution in [0.15, 0.2) is 18.2 Å². The van der Waals surface area contributed by atoms with Crippen LogP contribution in [0.5, 0.6) is 0 Å². The van der Waals surface area contributed by atoms with E-state index in [2.05, 4.69) is 5.32 Å². The Morgan fingerprint density at radius 1 is 1.39 bits per heavy atom. The summed E-state index contributed by atoms with van der Waals surface area (Å²) in [5.74, 6) is -2.73. The number of rotatable bonds is 5. The van der Waals surface area contributed by atoms with Crippen molar-refractivity contribution >= 4 is 28.7 Å². The summed E-state index contributed by atoms with van der Waals surface area (Å²) in [6.45, 7) is 4.89. The topological polar surface area (TPSA) is 145 Å². The maximum absolute atomic E-state index is 14.5. The number of carboxylic acid groups (broad SMARTS) is 1. The van der Waals surface area contributed by atoms with Crippen molar-refractivity contribution < 1.29 is 37.7 Å². The Hall–Kier alpha value is -2.37. The van der Waals surface area contributed by atoms with Gasteiger partial charge in [0.15, 0.2) is 0 Å². The number of amides is 2. The lowest BCUT2D eigenvalue weighted by molar-refractivity contribution is -0.139. The minimum absolute atomic E-state index is 0.0610. The fourth-order valence-electron chi connectivity index (χ4n) is 2.70. The Bertz CT molecular complexity index is 794. The number of halogens is 1. The van der Waals surface area contributed by atoms with Gasteiger partial charge in [-0.15, -0.1) is 10.8 Å². The SMILES string of the molecule is CC(C)(C)OC(=O)N[C@@H](Cc1ccc(C2CC(=O)NS2(O)O)c(F)c1)C(=O)O. The van der Waals surface area contributed by atoms with Gasteiger partial charge >= 0.3 is 12.1 Å². The first-order chi connectivity index (χ1) is 12.8. The summed E-state index contributed by atoms with van der Waals surface area (Å²) in [5, 5.41) is 10.4. The summed E-state index contributed by atoms with van der Waals surface area (Å²) in [5.41, 5.74) is -0.607. The van der Waals surface area contributed by atoms with Crippen LogP contribution in [0.1, 0.15) is 43.6 Å². The Kier molecular flexibility index (Phi) is 6.21. The van der Waals surface area contributed by atoms with E-state index in [1.165, 1.54) is 12.1 Å². The summed E-state index contributed by atoms with van der Waals surface area (Å²) >= 11 is 0. The number of hydrogen-bond acceptors (Lipinski definition) is 6. The van der Waals surface area contributed by atoms with Gasteiger partial charge in [-0.25, -0.2) is 14.0 Å². The van der Waals surface area contributed by atoms with Crippen molar-refractivity contribution in [2.75, 3.05) is 0 Å². The fourth-order valence-corrected chi connectivity index (χ4v) is 4.19. The number of benzene rings is 1. The molecule has 1 aliphatic rings. The summed E-state index contributed by atoms with van der Waals surface area (Å²) in [6.07, 6.45) is -1.40. The number of nitrogens with one attached hydrogen (secondary N) is 2. The quantitative estimate of drug-likeness (QED) is 0.494. The summed E-state index contributed by atoms with van der Waals surface area (Å²) in [7, 11) is -3.50. The number of carboxylic acids is 1. The molecule has 0 bridgehead atoms. The molecule has 1 fully saturated rings. The van der Waals surface area contributed by atoms with E-state index in [9.17, 15) is 33.0 Å². The molecule has 0 spiro atoms. The Labute approximate surface area is 162 Å². The Morgan fingerprint density at radius 2 is 2.04 bits per heavy atom. The molecule has 28 heavy (non-hydrogen) atoms. The zero-order valence-corrected chi connectivity index (χ0v) is 16.4. The highest BCUT2D eigenvalue weighted by molar-refractivity contribution is 8.23. The molecule has 0 radical (unpaired) electrons. The van der Waals surface area contributed by atoms with Crippen molar-refractivity contribution in [1.82, 2.24) is 10.0 Å². The maximum atomic E-state index is 14.5.